The molecule has 0 aliphatic heterocycles. The predicted molar refractivity (Wildman–Crippen MR) is 122 cm³/mol. The van der Waals surface area contributed by atoms with Crippen molar-refractivity contribution in [2.24, 2.45) is 0 Å². The zero-order valence-corrected chi connectivity index (χ0v) is 17.4. The summed E-state index contributed by atoms with van der Waals surface area (Å²) in [6, 6.07) is 18.4. The van der Waals surface area contributed by atoms with E-state index in [-0.39, 0.29) is 29.4 Å². The molecule has 2 N–H and O–H groups in total. The number of ether oxygens (including phenoxy) is 1. The third kappa shape index (κ3) is 4.25. The number of para-hydroxylation sites is 1. The first kappa shape index (κ1) is 20.9. The number of benzene rings is 3. The fourth-order valence-corrected chi connectivity index (χ4v) is 3.55. The highest BCUT2D eigenvalue weighted by Crippen LogP contribution is 2.26. The lowest BCUT2D eigenvalue weighted by Crippen LogP contribution is -2.09. The van der Waals surface area contributed by atoms with Crippen LogP contribution in [0.2, 0.25) is 0 Å². The highest BCUT2D eigenvalue weighted by Gasteiger charge is 2.13. The van der Waals surface area contributed by atoms with E-state index >= 15 is 0 Å². The Balaban J connectivity index is 1.61. The molecule has 4 rings (SSSR count). The number of carbonyl (C=O) groups is 2. The van der Waals surface area contributed by atoms with Crippen LogP contribution in [0, 0.1) is 0 Å². The quantitative estimate of drug-likeness (QED) is 0.325. The Labute approximate surface area is 184 Å². The molecule has 0 radical (unpaired) electrons. The first-order valence-electron chi connectivity index (χ1n) is 9.96. The molecule has 0 aliphatic rings. The molecule has 160 valence electrons. The normalized spacial score (nSPS) is 11.2. The molecule has 0 bridgehead atoms. The smallest absolute Gasteiger partial charge is 0.189 e. The van der Waals surface area contributed by atoms with Crippen LogP contribution < -0.4 is 4.74 Å². The third-order valence-corrected chi connectivity index (χ3v) is 5.21. The molecule has 4 aromatic rings. The molecule has 0 unspecified atom stereocenters. The van der Waals surface area contributed by atoms with Crippen LogP contribution in [0.4, 0.5) is 0 Å². The Bertz CT molecular complexity index is 1330. The number of methoxy groups -OCH3 is 1. The standard InChI is InChI=1S/C26H21NO5/c1-32-20-10-6-17(7-11-20)26(31)16-27-15-18(21-4-2-3-5-23(21)27)8-13-24(29)22-12-9-19(28)14-25(22)30/h2-15,28,30H,16H2,1H3/b13-8+. The SMILES string of the molecule is COc1ccc(C(=O)Cn2cc(/C=C/C(=O)c3ccc(O)cc3O)c3ccccc32)cc1. The van der Waals surface area contributed by atoms with Gasteiger partial charge in [0.05, 0.1) is 19.2 Å². The molecule has 0 atom stereocenters. The summed E-state index contributed by atoms with van der Waals surface area (Å²) >= 11 is 0. The minimum absolute atomic E-state index is 0.0472. The zero-order chi connectivity index (χ0) is 22.7. The number of phenols is 2. The van der Waals surface area contributed by atoms with E-state index in [1.54, 1.807) is 37.5 Å². The highest BCUT2D eigenvalue weighted by atomic mass is 16.5. The number of rotatable bonds is 7. The zero-order valence-electron chi connectivity index (χ0n) is 17.4. The number of hydrogen-bond acceptors (Lipinski definition) is 5. The van der Waals surface area contributed by atoms with Gasteiger partial charge in [-0.05, 0) is 54.6 Å². The molecule has 0 amide bonds. The van der Waals surface area contributed by atoms with Crippen molar-refractivity contribution >= 4 is 28.5 Å². The van der Waals surface area contributed by atoms with Gasteiger partial charge in [0.1, 0.15) is 17.2 Å². The van der Waals surface area contributed by atoms with Gasteiger partial charge >= 0.3 is 0 Å². The Hall–Kier alpha value is -4.32. The lowest BCUT2D eigenvalue weighted by molar-refractivity contribution is 0.0972. The summed E-state index contributed by atoms with van der Waals surface area (Å²) < 4.78 is 6.99. The van der Waals surface area contributed by atoms with Crippen molar-refractivity contribution in [1.29, 1.82) is 0 Å². The van der Waals surface area contributed by atoms with Crippen molar-refractivity contribution in [2.45, 2.75) is 6.54 Å². The maximum atomic E-state index is 12.8. The molecule has 6 nitrogen and oxygen atoms in total. The average Bonchev–Trinajstić information content (AvgIpc) is 3.15. The van der Waals surface area contributed by atoms with Crippen LogP contribution in [0.3, 0.4) is 0 Å². The van der Waals surface area contributed by atoms with Crippen LogP contribution in [-0.2, 0) is 6.54 Å². The van der Waals surface area contributed by atoms with Crippen molar-refractivity contribution in [3.8, 4) is 17.2 Å². The van der Waals surface area contributed by atoms with Crippen LogP contribution in [0.15, 0.2) is 79.0 Å². The molecular weight excluding hydrogens is 406 g/mol. The maximum absolute atomic E-state index is 12.8. The molecular formula is C26H21NO5. The molecule has 1 heterocycles. The first-order valence-corrected chi connectivity index (χ1v) is 9.96. The monoisotopic (exact) mass is 427 g/mol. The molecule has 0 fully saturated rings. The van der Waals surface area contributed by atoms with E-state index in [0.717, 1.165) is 22.5 Å². The van der Waals surface area contributed by atoms with E-state index in [4.69, 9.17) is 4.74 Å². The van der Waals surface area contributed by atoms with Gasteiger partial charge in [0.2, 0.25) is 0 Å². The molecule has 0 spiro atoms. The summed E-state index contributed by atoms with van der Waals surface area (Å²) in [7, 11) is 1.57. The summed E-state index contributed by atoms with van der Waals surface area (Å²) in [5.74, 6) is -0.160. The van der Waals surface area contributed by atoms with Gasteiger partial charge in [0, 0.05) is 34.3 Å². The van der Waals surface area contributed by atoms with Gasteiger partial charge in [0.15, 0.2) is 11.6 Å². The number of ketones is 2. The minimum atomic E-state index is -0.395. The van der Waals surface area contributed by atoms with E-state index < -0.39 is 5.78 Å². The summed E-state index contributed by atoms with van der Waals surface area (Å²) in [4.78, 5) is 25.3. The molecule has 6 heteroatoms. The van der Waals surface area contributed by atoms with Gasteiger partial charge < -0.3 is 19.5 Å². The highest BCUT2D eigenvalue weighted by molar-refractivity contribution is 6.09. The Morgan fingerprint density at radius 3 is 2.47 bits per heavy atom. The molecule has 3 aromatic carbocycles. The van der Waals surface area contributed by atoms with E-state index in [1.807, 2.05) is 35.0 Å². The fraction of sp³-hybridized carbons (Fsp3) is 0.0769. The topological polar surface area (TPSA) is 88.8 Å². The molecule has 0 aliphatic carbocycles. The second kappa shape index (κ2) is 8.81. The number of carbonyl (C=O) groups excluding carboxylic acids is 2. The second-order valence-corrected chi connectivity index (χ2v) is 7.28. The van der Waals surface area contributed by atoms with Gasteiger partial charge in [-0.1, -0.05) is 18.2 Å². The number of hydrogen-bond donors (Lipinski definition) is 2. The summed E-state index contributed by atoms with van der Waals surface area (Å²) in [6.45, 7) is 0.146. The fourth-order valence-electron chi connectivity index (χ4n) is 3.55. The van der Waals surface area contributed by atoms with E-state index in [0.29, 0.717) is 11.3 Å². The number of Topliss-reactive ketones (excluding diaryl/α,β-unsaturated/α-hetero) is 1. The maximum Gasteiger partial charge on any atom is 0.189 e. The lowest BCUT2D eigenvalue weighted by atomic mass is 10.1. The molecule has 32 heavy (non-hydrogen) atoms. The Morgan fingerprint density at radius 1 is 1.00 bits per heavy atom. The van der Waals surface area contributed by atoms with Crippen molar-refractivity contribution in [1.82, 2.24) is 4.57 Å². The summed E-state index contributed by atoms with van der Waals surface area (Å²) in [5, 5.41) is 20.2. The van der Waals surface area contributed by atoms with Gasteiger partial charge in [-0.15, -0.1) is 0 Å². The van der Waals surface area contributed by atoms with Crippen LogP contribution in [0.1, 0.15) is 26.3 Å². The number of allylic oxidation sites excluding steroid dienone is 1. The van der Waals surface area contributed by atoms with E-state index in [1.165, 1.54) is 18.2 Å². The van der Waals surface area contributed by atoms with Gasteiger partial charge in [-0.25, -0.2) is 0 Å². The Kier molecular flexibility index (Phi) is 5.77. The first-order chi connectivity index (χ1) is 15.5. The van der Waals surface area contributed by atoms with Crippen molar-refractivity contribution in [3.63, 3.8) is 0 Å². The number of fused-ring (bicyclic) bond motifs is 1. The number of aromatic nitrogens is 1. The van der Waals surface area contributed by atoms with Gasteiger partial charge in [0.25, 0.3) is 0 Å². The second-order valence-electron chi connectivity index (χ2n) is 7.28. The van der Waals surface area contributed by atoms with Crippen molar-refractivity contribution in [3.05, 3.63) is 95.7 Å². The van der Waals surface area contributed by atoms with Crippen LogP contribution in [0.25, 0.3) is 17.0 Å². The Morgan fingerprint density at radius 2 is 1.75 bits per heavy atom. The van der Waals surface area contributed by atoms with E-state index in [2.05, 4.69) is 0 Å². The number of nitrogens with zero attached hydrogens (tertiary/aromatic N) is 1. The van der Waals surface area contributed by atoms with Crippen molar-refractivity contribution < 1.29 is 24.5 Å². The molecule has 0 saturated carbocycles. The third-order valence-electron chi connectivity index (χ3n) is 5.21. The predicted octanol–water partition coefficient (Wildman–Crippen LogP) is 4.84. The minimum Gasteiger partial charge on any atom is -0.508 e. The number of phenolic OH excluding ortho intramolecular Hbond substituents is 2. The number of aromatic hydroxyl groups is 2. The van der Waals surface area contributed by atoms with Crippen LogP contribution >= 0.6 is 0 Å². The van der Waals surface area contributed by atoms with Gasteiger partial charge in [-0.2, -0.15) is 0 Å². The van der Waals surface area contributed by atoms with Crippen LogP contribution in [-0.4, -0.2) is 33.5 Å². The van der Waals surface area contributed by atoms with Gasteiger partial charge in [-0.3, -0.25) is 9.59 Å². The van der Waals surface area contributed by atoms with Crippen LogP contribution in [0.5, 0.6) is 17.2 Å². The molecule has 0 saturated heterocycles. The largest absolute Gasteiger partial charge is 0.508 e. The average molecular weight is 427 g/mol. The van der Waals surface area contributed by atoms with E-state index in [9.17, 15) is 19.8 Å². The van der Waals surface area contributed by atoms with Crippen molar-refractivity contribution in [2.75, 3.05) is 7.11 Å². The summed E-state index contributed by atoms with van der Waals surface area (Å²) in [6.07, 6.45) is 4.85. The summed E-state index contributed by atoms with van der Waals surface area (Å²) in [5.41, 5.74) is 2.32. The molecule has 1 aromatic heterocycles. The lowest BCUT2D eigenvalue weighted by Gasteiger charge is -2.06.